The number of carbonyl (C=O) groups is 1. The average molecular weight is 220 g/mol. The number of thioether (sulfide) groups is 1. The second-order valence-corrected chi connectivity index (χ2v) is 4.73. The van der Waals surface area contributed by atoms with Crippen LogP contribution in [-0.4, -0.2) is 35.8 Å². The van der Waals surface area contributed by atoms with Gasteiger partial charge in [-0.05, 0) is 39.2 Å². The summed E-state index contributed by atoms with van der Waals surface area (Å²) in [5.74, 6) is 0.526. The zero-order chi connectivity index (χ0) is 11.2. The topological polar surface area (TPSA) is 46.5 Å². The second kappa shape index (κ2) is 6.30. The molecule has 0 bridgehead atoms. The Morgan fingerprint density at radius 2 is 2.14 bits per heavy atom. The third-order valence-electron chi connectivity index (χ3n) is 2.23. The molecule has 1 unspecified atom stereocenters. The van der Waals surface area contributed by atoms with Crippen LogP contribution in [0, 0.1) is 5.41 Å². The minimum absolute atomic E-state index is 0.325. The first kappa shape index (κ1) is 13.8. The molecule has 0 aromatic heterocycles. The SMILES string of the molecule is CCOC(=O)C(C)(C)C(O)CCSC. The Bertz CT molecular complexity index is 180. The van der Waals surface area contributed by atoms with Gasteiger partial charge in [0.1, 0.15) is 0 Å². The summed E-state index contributed by atoms with van der Waals surface area (Å²) in [6.07, 6.45) is 1.96. The molecule has 0 amide bonds. The fraction of sp³-hybridized carbons (Fsp3) is 0.900. The number of rotatable bonds is 6. The number of aliphatic hydroxyl groups excluding tert-OH is 1. The van der Waals surface area contributed by atoms with E-state index in [-0.39, 0.29) is 5.97 Å². The molecule has 0 heterocycles. The highest BCUT2D eigenvalue weighted by Gasteiger charge is 2.36. The van der Waals surface area contributed by atoms with Crippen molar-refractivity contribution in [1.82, 2.24) is 0 Å². The lowest BCUT2D eigenvalue weighted by atomic mass is 9.85. The van der Waals surface area contributed by atoms with Crippen LogP contribution < -0.4 is 0 Å². The highest BCUT2D eigenvalue weighted by molar-refractivity contribution is 7.98. The summed E-state index contributed by atoms with van der Waals surface area (Å²) in [7, 11) is 0. The van der Waals surface area contributed by atoms with Gasteiger partial charge < -0.3 is 9.84 Å². The van der Waals surface area contributed by atoms with Crippen LogP contribution >= 0.6 is 11.8 Å². The van der Waals surface area contributed by atoms with Crippen molar-refractivity contribution in [2.45, 2.75) is 33.3 Å². The number of aliphatic hydroxyl groups is 1. The Kier molecular flexibility index (Phi) is 6.20. The van der Waals surface area contributed by atoms with Crippen LogP contribution in [0.25, 0.3) is 0 Å². The molecule has 0 aliphatic carbocycles. The molecule has 84 valence electrons. The van der Waals surface area contributed by atoms with E-state index < -0.39 is 11.5 Å². The highest BCUT2D eigenvalue weighted by atomic mass is 32.2. The first-order chi connectivity index (χ1) is 6.46. The molecule has 0 spiro atoms. The summed E-state index contributed by atoms with van der Waals surface area (Å²) < 4.78 is 4.90. The zero-order valence-electron chi connectivity index (χ0n) is 9.37. The Labute approximate surface area is 90.2 Å². The second-order valence-electron chi connectivity index (χ2n) is 3.74. The highest BCUT2D eigenvalue weighted by Crippen LogP contribution is 2.25. The van der Waals surface area contributed by atoms with E-state index in [1.807, 2.05) is 6.26 Å². The van der Waals surface area contributed by atoms with Crippen molar-refractivity contribution in [2.75, 3.05) is 18.6 Å². The molecule has 0 radical (unpaired) electrons. The number of esters is 1. The first-order valence-electron chi connectivity index (χ1n) is 4.81. The van der Waals surface area contributed by atoms with E-state index in [4.69, 9.17) is 4.74 Å². The number of hydrogen-bond donors (Lipinski definition) is 1. The predicted octanol–water partition coefficient (Wildman–Crippen LogP) is 1.69. The minimum atomic E-state index is -0.800. The zero-order valence-corrected chi connectivity index (χ0v) is 10.2. The lowest BCUT2D eigenvalue weighted by molar-refractivity contribution is -0.160. The quantitative estimate of drug-likeness (QED) is 0.692. The maximum absolute atomic E-state index is 11.5. The van der Waals surface area contributed by atoms with Crippen LogP contribution in [0.15, 0.2) is 0 Å². The minimum Gasteiger partial charge on any atom is -0.466 e. The van der Waals surface area contributed by atoms with Gasteiger partial charge >= 0.3 is 5.97 Å². The standard InChI is InChI=1S/C10H20O3S/c1-5-13-9(12)10(2,3)8(11)6-7-14-4/h8,11H,5-7H2,1-4H3. The van der Waals surface area contributed by atoms with Gasteiger partial charge in [0.15, 0.2) is 0 Å². The Balaban J connectivity index is 4.20. The van der Waals surface area contributed by atoms with E-state index in [2.05, 4.69) is 0 Å². The van der Waals surface area contributed by atoms with Crippen LogP contribution in [0.3, 0.4) is 0 Å². The van der Waals surface area contributed by atoms with Crippen molar-refractivity contribution < 1.29 is 14.6 Å². The van der Waals surface area contributed by atoms with E-state index in [9.17, 15) is 9.90 Å². The molecule has 0 aromatic rings. The van der Waals surface area contributed by atoms with Crippen molar-refractivity contribution in [3.63, 3.8) is 0 Å². The Morgan fingerprint density at radius 3 is 2.57 bits per heavy atom. The molecule has 0 saturated heterocycles. The molecular weight excluding hydrogens is 200 g/mol. The van der Waals surface area contributed by atoms with Gasteiger partial charge in [-0.2, -0.15) is 11.8 Å². The lowest BCUT2D eigenvalue weighted by Crippen LogP contribution is -2.38. The van der Waals surface area contributed by atoms with E-state index in [1.165, 1.54) is 0 Å². The molecule has 0 fully saturated rings. The number of ether oxygens (including phenoxy) is 1. The third-order valence-corrected chi connectivity index (χ3v) is 2.87. The summed E-state index contributed by atoms with van der Waals surface area (Å²) in [5, 5.41) is 9.79. The van der Waals surface area contributed by atoms with Gasteiger partial charge in [-0.1, -0.05) is 0 Å². The molecule has 1 N–H and O–H groups in total. The third kappa shape index (κ3) is 3.88. The molecule has 1 atom stereocenters. The molecule has 0 aromatic carbocycles. The molecule has 14 heavy (non-hydrogen) atoms. The van der Waals surface area contributed by atoms with Gasteiger partial charge in [-0.3, -0.25) is 4.79 Å². The summed E-state index contributed by atoms with van der Waals surface area (Å²) in [5.41, 5.74) is -0.800. The fourth-order valence-electron chi connectivity index (χ4n) is 1.04. The molecule has 0 saturated carbocycles. The van der Waals surface area contributed by atoms with Crippen molar-refractivity contribution in [3.05, 3.63) is 0 Å². The van der Waals surface area contributed by atoms with Gasteiger partial charge in [0, 0.05) is 0 Å². The van der Waals surface area contributed by atoms with E-state index in [0.29, 0.717) is 13.0 Å². The molecule has 4 heteroatoms. The van der Waals surface area contributed by atoms with E-state index in [1.54, 1.807) is 32.5 Å². The fourth-order valence-corrected chi connectivity index (χ4v) is 1.50. The molecule has 0 rings (SSSR count). The van der Waals surface area contributed by atoms with Crippen molar-refractivity contribution in [3.8, 4) is 0 Å². The summed E-state index contributed by atoms with van der Waals surface area (Å²) in [6.45, 7) is 5.56. The largest absolute Gasteiger partial charge is 0.466 e. The smallest absolute Gasteiger partial charge is 0.314 e. The van der Waals surface area contributed by atoms with Crippen LogP contribution in [-0.2, 0) is 9.53 Å². The van der Waals surface area contributed by atoms with Gasteiger partial charge in [0.2, 0.25) is 0 Å². The van der Waals surface area contributed by atoms with Gasteiger partial charge in [-0.15, -0.1) is 0 Å². The number of carbonyl (C=O) groups excluding carboxylic acids is 1. The van der Waals surface area contributed by atoms with Crippen LogP contribution in [0.2, 0.25) is 0 Å². The maximum atomic E-state index is 11.5. The summed E-state index contributed by atoms with van der Waals surface area (Å²) in [6, 6.07) is 0. The van der Waals surface area contributed by atoms with Crippen molar-refractivity contribution in [1.29, 1.82) is 0 Å². The summed E-state index contributed by atoms with van der Waals surface area (Å²) >= 11 is 1.66. The molecule has 0 aliphatic rings. The van der Waals surface area contributed by atoms with Crippen molar-refractivity contribution >= 4 is 17.7 Å². The first-order valence-corrected chi connectivity index (χ1v) is 6.20. The number of hydrogen-bond acceptors (Lipinski definition) is 4. The maximum Gasteiger partial charge on any atom is 0.314 e. The normalized spacial score (nSPS) is 13.8. The van der Waals surface area contributed by atoms with Crippen LogP contribution in [0.5, 0.6) is 0 Å². The van der Waals surface area contributed by atoms with Gasteiger partial charge in [-0.25, -0.2) is 0 Å². The summed E-state index contributed by atoms with van der Waals surface area (Å²) in [4.78, 5) is 11.5. The lowest BCUT2D eigenvalue weighted by Gasteiger charge is -2.27. The van der Waals surface area contributed by atoms with E-state index >= 15 is 0 Å². The average Bonchev–Trinajstić information content (AvgIpc) is 2.14. The van der Waals surface area contributed by atoms with Crippen LogP contribution in [0.1, 0.15) is 27.2 Å². The monoisotopic (exact) mass is 220 g/mol. The van der Waals surface area contributed by atoms with E-state index in [0.717, 1.165) is 5.75 Å². The molecular formula is C10H20O3S. The molecule has 0 aliphatic heterocycles. The van der Waals surface area contributed by atoms with Crippen molar-refractivity contribution in [2.24, 2.45) is 5.41 Å². The molecule has 3 nitrogen and oxygen atoms in total. The predicted molar refractivity (Wildman–Crippen MR) is 59.4 cm³/mol. The van der Waals surface area contributed by atoms with Crippen LogP contribution in [0.4, 0.5) is 0 Å². The van der Waals surface area contributed by atoms with Gasteiger partial charge in [0.25, 0.3) is 0 Å². The Hall–Kier alpha value is -0.220. The Morgan fingerprint density at radius 1 is 1.57 bits per heavy atom. The van der Waals surface area contributed by atoms with Gasteiger partial charge in [0.05, 0.1) is 18.1 Å².